The number of likely N-dealkylation sites (tertiary alicyclic amines) is 1. The van der Waals surface area contributed by atoms with E-state index in [0.29, 0.717) is 6.04 Å². The number of nitrogens with zero attached hydrogens (tertiary/aromatic N) is 2. The van der Waals surface area contributed by atoms with E-state index >= 15 is 0 Å². The highest BCUT2D eigenvalue weighted by Gasteiger charge is 2.24. The molecule has 3 rings (SSSR count). The summed E-state index contributed by atoms with van der Waals surface area (Å²) >= 11 is 0. The molecule has 1 N–H and O–H groups in total. The van der Waals surface area contributed by atoms with Gasteiger partial charge in [-0.2, -0.15) is 0 Å². The Hall–Kier alpha value is -1.06. The van der Waals surface area contributed by atoms with E-state index in [2.05, 4.69) is 53.5 Å². The minimum absolute atomic E-state index is 0.585. The van der Waals surface area contributed by atoms with Crippen LogP contribution in [0.2, 0.25) is 0 Å². The van der Waals surface area contributed by atoms with Crippen molar-refractivity contribution in [1.82, 2.24) is 9.80 Å². The molecule has 0 spiro atoms. The van der Waals surface area contributed by atoms with E-state index in [9.17, 15) is 0 Å². The van der Waals surface area contributed by atoms with Crippen molar-refractivity contribution in [3.05, 3.63) is 29.8 Å². The van der Waals surface area contributed by atoms with Gasteiger partial charge in [-0.15, -0.1) is 0 Å². The maximum absolute atomic E-state index is 3.65. The molecular weight excluding hydrogens is 234 g/mol. The zero-order chi connectivity index (χ0) is 13.2. The van der Waals surface area contributed by atoms with Crippen molar-refractivity contribution in [2.24, 2.45) is 5.92 Å². The molecule has 0 bridgehead atoms. The third-order valence-electron chi connectivity index (χ3n) is 4.43. The van der Waals surface area contributed by atoms with E-state index in [1.165, 1.54) is 43.7 Å². The van der Waals surface area contributed by atoms with E-state index in [4.69, 9.17) is 0 Å². The Morgan fingerprint density at radius 3 is 2.89 bits per heavy atom. The lowest BCUT2D eigenvalue weighted by Crippen LogP contribution is -2.36. The molecule has 0 amide bonds. The SMILES string of the molecule is CN1CCC(CN(C)CC2Cc3ccccc3N2)C1. The van der Waals surface area contributed by atoms with Crippen LogP contribution in [0.4, 0.5) is 5.69 Å². The van der Waals surface area contributed by atoms with Crippen LogP contribution in [0.25, 0.3) is 0 Å². The second-order valence-corrected chi connectivity index (χ2v) is 6.34. The third kappa shape index (κ3) is 3.10. The quantitative estimate of drug-likeness (QED) is 0.891. The van der Waals surface area contributed by atoms with E-state index in [0.717, 1.165) is 12.5 Å². The molecule has 3 nitrogen and oxygen atoms in total. The molecular formula is C16H25N3. The number of likely N-dealkylation sites (N-methyl/N-ethyl adjacent to an activating group) is 1. The smallest absolute Gasteiger partial charge is 0.0429 e. The lowest BCUT2D eigenvalue weighted by Gasteiger charge is -2.24. The Kier molecular flexibility index (Phi) is 3.76. The number of hydrogen-bond acceptors (Lipinski definition) is 3. The number of nitrogens with one attached hydrogen (secondary N) is 1. The Morgan fingerprint density at radius 1 is 1.32 bits per heavy atom. The zero-order valence-corrected chi connectivity index (χ0v) is 12.1. The molecule has 2 unspecified atom stereocenters. The number of hydrogen-bond donors (Lipinski definition) is 1. The van der Waals surface area contributed by atoms with Crippen LogP contribution >= 0.6 is 0 Å². The molecule has 0 radical (unpaired) electrons. The molecule has 2 atom stereocenters. The fourth-order valence-electron chi connectivity index (χ4n) is 3.55. The Balaban J connectivity index is 1.48. The van der Waals surface area contributed by atoms with Crippen LogP contribution in [-0.2, 0) is 6.42 Å². The highest BCUT2D eigenvalue weighted by Crippen LogP contribution is 2.25. The average molecular weight is 259 g/mol. The Labute approximate surface area is 116 Å². The van der Waals surface area contributed by atoms with E-state index < -0.39 is 0 Å². The summed E-state index contributed by atoms with van der Waals surface area (Å²) in [5.74, 6) is 0.860. The molecule has 19 heavy (non-hydrogen) atoms. The first-order valence-corrected chi connectivity index (χ1v) is 7.42. The normalized spacial score (nSPS) is 26.7. The maximum atomic E-state index is 3.65. The van der Waals surface area contributed by atoms with Crippen molar-refractivity contribution in [1.29, 1.82) is 0 Å². The molecule has 1 aromatic carbocycles. The summed E-state index contributed by atoms with van der Waals surface area (Å²) < 4.78 is 0. The number of anilines is 1. The third-order valence-corrected chi connectivity index (χ3v) is 4.43. The van der Waals surface area contributed by atoms with Gasteiger partial charge >= 0.3 is 0 Å². The number of para-hydroxylation sites is 1. The van der Waals surface area contributed by atoms with Crippen LogP contribution in [0.1, 0.15) is 12.0 Å². The minimum atomic E-state index is 0.585. The highest BCUT2D eigenvalue weighted by atomic mass is 15.2. The molecule has 2 heterocycles. The zero-order valence-electron chi connectivity index (χ0n) is 12.1. The minimum Gasteiger partial charge on any atom is -0.380 e. The molecule has 1 aromatic rings. The van der Waals surface area contributed by atoms with E-state index in [1.807, 2.05) is 0 Å². The summed E-state index contributed by atoms with van der Waals surface area (Å²) in [6, 6.07) is 9.28. The molecule has 2 aliphatic rings. The summed E-state index contributed by atoms with van der Waals surface area (Å²) in [5, 5.41) is 3.65. The summed E-state index contributed by atoms with van der Waals surface area (Å²) in [6.07, 6.45) is 2.53. The fourth-order valence-corrected chi connectivity index (χ4v) is 3.55. The van der Waals surface area contributed by atoms with Gasteiger partial charge in [0.05, 0.1) is 0 Å². The van der Waals surface area contributed by atoms with Gasteiger partial charge in [0.1, 0.15) is 0 Å². The van der Waals surface area contributed by atoms with Gasteiger partial charge in [-0.3, -0.25) is 0 Å². The highest BCUT2D eigenvalue weighted by molar-refractivity contribution is 5.56. The van der Waals surface area contributed by atoms with E-state index in [1.54, 1.807) is 0 Å². The van der Waals surface area contributed by atoms with Crippen molar-refractivity contribution in [3.63, 3.8) is 0 Å². The van der Waals surface area contributed by atoms with Gasteiger partial charge in [-0.05, 0) is 51.0 Å². The van der Waals surface area contributed by atoms with Gasteiger partial charge < -0.3 is 15.1 Å². The molecule has 104 valence electrons. The molecule has 0 aromatic heterocycles. The molecule has 1 saturated heterocycles. The number of rotatable bonds is 4. The molecule has 0 aliphatic carbocycles. The second kappa shape index (κ2) is 5.51. The topological polar surface area (TPSA) is 18.5 Å². The van der Waals surface area contributed by atoms with Crippen molar-refractivity contribution in [2.45, 2.75) is 18.9 Å². The van der Waals surface area contributed by atoms with Crippen molar-refractivity contribution in [2.75, 3.05) is 45.6 Å². The summed E-state index contributed by atoms with van der Waals surface area (Å²) in [5.41, 5.74) is 2.81. The predicted octanol–water partition coefficient (Wildman–Crippen LogP) is 1.91. The van der Waals surface area contributed by atoms with Crippen LogP contribution in [-0.4, -0.2) is 56.1 Å². The Morgan fingerprint density at radius 2 is 2.16 bits per heavy atom. The van der Waals surface area contributed by atoms with Crippen LogP contribution in [0.5, 0.6) is 0 Å². The predicted molar refractivity (Wildman–Crippen MR) is 80.7 cm³/mol. The maximum Gasteiger partial charge on any atom is 0.0429 e. The monoisotopic (exact) mass is 259 g/mol. The van der Waals surface area contributed by atoms with Crippen LogP contribution in [0, 0.1) is 5.92 Å². The van der Waals surface area contributed by atoms with Crippen LogP contribution < -0.4 is 5.32 Å². The van der Waals surface area contributed by atoms with Crippen molar-refractivity contribution < 1.29 is 0 Å². The fraction of sp³-hybridized carbons (Fsp3) is 0.625. The van der Waals surface area contributed by atoms with Gasteiger partial charge in [0.2, 0.25) is 0 Å². The summed E-state index contributed by atoms with van der Waals surface area (Å²) in [6.45, 7) is 4.92. The number of benzene rings is 1. The van der Waals surface area contributed by atoms with Gasteiger partial charge in [0, 0.05) is 31.4 Å². The van der Waals surface area contributed by atoms with Gasteiger partial charge in [-0.25, -0.2) is 0 Å². The molecule has 1 fully saturated rings. The summed E-state index contributed by atoms with van der Waals surface area (Å²) in [4.78, 5) is 4.95. The van der Waals surface area contributed by atoms with Gasteiger partial charge in [-0.1, -0.05) is 18.2 Å². The van der Waals surface area contributed by atoms with Crippen molar-refractivity contribution >= 4 is 5.69 Å². The number of fused-ring (bicyclic) bond motifs is 1. The second-order valence-electron chi connectivity index (χ2n) is 6.34. The van der Waals surface area contributed by atoms with Gasteiger partial charge in [0.25, 0.3) is 0 Å². The van der Waals surface area contributed by atoms with Crippen LogP contribution in [0.3, 0.4) is 0 Å². The first-order valence-electron chi connectivity index (χ1n) is 7.42. The molecule has 0 saturated carbocycles. The largest absolute Gasteiger partial charge is 0.380 e. The molecule has 3 heteroatoms. The van der Waals surface area contributed by atoms with E-state index in [-0.39, 0.29) is 0 Å². The first-order chi connectivity index (χ1) is 9.20. The lowest BCUT2D eigenvalue weighted by atomic mass is 10.1. The summed E-state index contributed by atoms with van der Waals surface area (Å²) in [7, 11) is 4.50. The average Bonchev–Trinajstić information content (AvgIpc) is 2.94. The first kappa shape index (κ1) is 12.9. The van der Waals surface area contributed by atoms with Crippen molar-refractivity contribution in [3.8, 4) is 0 Å². The lowest BCUT2D eigenvalue weighted by molar-refractivity contribution is 0.265. The van der Waals surface area contributed by atoms with Gasteiger partial charge in [0.15, 0.2) is 0 Å². The molecule has 2 aliphatic heterocycles. The Bertz CT molecular complexity index is 407. The van der Waals surface area contributed by atoms with Crippen LogP contribution in [0.15, 0.2) is 24.3 Å². The standard InChI is InChI=1S/C16H25N3/c1-18-8-7-13(10-18)11-19(2)12-15-9-14-5-3-4-6-16(14)17-15/h3-6,13,15,17H,7-12H2,1-2H3.